The minimum absolute atomic E-state index is 0.158. The third kappa shape index (κ3) is 3.42. The Balaban J connectivity index is 2.04. The van der Waals surface area contributed by atoms with Crippen LogP contribution >= 0.6 is 22.9 Å². The molecule has 0 unspecified atom stereocenters. The Morgan fingerprint density at radius 2 is 2.20 bits per heavy atom. The molecule has 1 aromatic heterocycles. The number of urea groups is 1. The summed E-state index contributed by atoms with van der Waals surface area (Å²) in [5.74, 6) is 0. The number of hydrogen-bond acceptors (Lipinski definition) is 3. The van der Waals surface area contributed by atoms with E-state index in [0.717, 1.165) is 16.5 Å². The summed E-state index contributed by atoms with van der Waals surface area (Å²) >= 11 is 7.77. The normalized spacial score (nSPS) is 10.8. The molecule has 0 spiro atoms. The van der Waals surface area contributed by atoms with E-state index in [1.165, 1.54) is 11.3 Å². The predicted octanol–water partition coefficient (Wildman–Crippen LogP) is 4.05. The lowest BCUT2D eigenvalue weighted by Crippen LogP contribution is -2.32. The number of amides is 2. The molecule has 0 aliphatic rings. The Bertz CT molecular complexity index is 600. The molecule has 0 radical (unpaired) electrons. The molecular formula is C14H17ClN2O2S. The first kappa shape index (κ1) is 15.1. The number of nitrogens with zero attached hydrogens (tertiary/aromatic N) is 1. The van der Waals surface area contributed by atoms with E-state index in [4.69, 9.17) is 16.3 Å². The third-order valence-electron chi connectivity index (χ3n) is 2.94. The van der Waals surface area contributed by atoms with E-state index in [2.05, 4.69) is 5.32 Å². The zero-order chi connectivity index (χ0) is 14.5. The average Bonchev–Trinajstić information content (AvgIpc) is 2.76. The highest BCUT2D eigenvalue weighted by Gasteiger charge is 2.14. The van der Waals surface area contributed by atoms with Crippen LogP contribution in [0.1, 0.15) is 6.42 Å². The van der Waals surface area contributed by atoms with Gasteiger partial charge in [-0.2, -0.15) is 0 Å². The summed E-state index contributed by atoms with van der Waals surface area (Å²) in [6.07, 6.45) is 0.806. The number of benzene rings is 1. The number of thiophene rings is 1. The van der Waals surface area contributed by atoms with Crippen LogP contribution in [0.3, 0.4) is 0 Å². The fourth-order valence-electron chi connectivity index (χ4n) is 1.83. The molecule has 0 bridgehead atoms. The number of halogens is 1. The molecule has 0 fully saturated rings. The Labute approximate surface area is 127 Å². The van der Waals surface area contributed by atoms with E-state index in [-0.39, 0.29) is 6.03 Å². The van der Waals surface area contributed by atoms with E-state index >= 15 is 0 Å². The molecule has 0 aliphatic carbocycles. The topological polar surface area (TPSA) is 41.6 Å². The lowest BCUT2D eigenvalue weighted by Gasteiger charge is -2.17. The van der Waals surface area contributed by atoms with Gasteiger partial charge in [0.05, 0.1) is 5.02 Å². The number of carbonyl (C=O) groups is 1. The van der Waals surface area contributed by atoms with Crippen LogP contribution in [0, 0.1) is 0 Å². The molecule has 0 saturated heterocycles. The van der Waals surface area contributed by atoms with Gasteiger partial charge in [0.2, 0.25) is 0 Å². The Hall–Kier alpha value is -1.30. The summed E-state index contributed by atoms with van der Waals surface area (Å²) in [6.45, 7) is 1.28. The van der Waals surface area contributed by atoms with Crippen LogP contribution in [-0.4, -0.2) is 38.2 Å². The molecule has 2 amide bonds. The van der Waals surface area contributed by atoms with Crippen molar-refractivity contribution in [2.75, 3.05) is 32.6 Å². The zero-order valence-corrected chi connectivity index (χ0v) is 13.1. The van der Waals surface area contributed by atoms with Gasteiger partial charge in [0.1, 0.15) is 5.00 Å². The molecular weight excluding hydrogens is 296 g/mol. The molecule has 1 heterocycles. The van der Waals surface area contributed by atoms with Gasteiger partial charge < -0.3 is 9.64 Å². The smallest absolute Gasteiger partial charge is 0.322 e. The maximum Gasteiger partial charge on any atom is 0.322 e. The Morgan fingerprint density at radius 3 is 2.90 bits per heavy atom. The van der Waals surface area contributed by atoms with Crippen LogP contribution in [0.15, 0.2) is 24.3 Å². The van der Waals surface area contributed by atoms with Crippen LogP contribution in [-0.2, 0) is 4.74 Å². The van der Waals surface area contributed by atoms with Gasteiger partial charge in [0.15, 0.2) is 0 Å². The number of anilines is 1. The highest BCUT2D eigenvalue weighted by atomic mass is 35.5. The predicted molar refractivity (Wildman–Crippen MR) is 85.0 cm³/mol. The lowest BCUT2D eigenvalue weighted by molar-refractivity contribution is 0.179. The number of nitrogens with one attached hydrogen (secondary N) is 1. The fourth-order valence-corrected chi connectivity index (χ4v) is 3.20. The van der Waals surface area contributed by atoms with Gasteiger partial charge in [-0.15, -0.1) is 11.3 Å². The minimum atomic E-state index is -0.158. The largest absolute Gasteiger partial charge is 0.385 e. The van der Waals surface area contributed by atoms with Gasteiger partial charge in [-0.05, 0) is 12.5 Å². The van der Waals surface area contributed by atoms with Crippen molar-refractivity contribution < 1.29 is 9.53 Å². The zero-order valence-electron chi connectivity index (χ0n) is 11.5. The summed E-state index contributed by atoms with van der Waals surface area (Å²) in [5, 5.41) is 5.12. The quantitative estimate of drug-likeness (QED) is 0.846. The van der Waals surface area contributed by atoms with Crippen molar-refractivity contribution in [3.63, 3.8) is 0 Å². The summed E-state index contributed by atoms with van der Waals surface area (Å²) in [6, 6.07) is 7.67. The molecule has 2 aromatic rings. The van der Waals surface area contributed by atoms with Crippen LogP contribution < -0.4 is 5.32 Å². The van der Waals surface area contributed by atoms with Crippen LogP contribution in [0.2, 0.25) is 5.02 Å². The number of rotatable bonds is 5. The summed E-state index contributed by atoms with van der Waals surface area (Å²) in [5.41, 5.74) is 0. The second-order valence-electron chi connectivity index (χ2n) is 4.44. The highest BCUT2D eigenvalue weighted by Crippen LogP contribution is 2.39. The number of carbonyl (C=O) groups excluding carboxylic acids is 1. The molecule has 0 aliphatic heterocycles. The van der Waals surface area contributed by atoms with Gasteiger partial charge in [-0.1, -0.05) is 29.8 Å². The van der Waals surface area contributed by atoms with Gasteiger partial charge in [0, 0.05) is 37.4 Å². The first-order valence-electron chi connectivity index (χ1n) is 6.31. The number of methoxy groups -OCH3 is 1. The molecule has 1 aromatic carbocycles. The van der Waals surface area contributed by atoms with Crippen molar-refractivity contribution in [1.82, 2.24) is 4.90 Å². The van der Waals surface area contributed by atoms with E-state index in [9.17, 15) is 4.79 Å². The minimum Gasteiger partial charge on any atom is -0.385 e. The number of ether oxygens (including phenoxy) is 1. The van der Waals surface area contributed by atoms with Crippen molar-refractivity contribution in [1.29, 1.82) is 0 Å². The molecule has 4 nitrogen and oxygen atoms in total. The number of hydrogen-bond donors (Lipinski definition) is 1. The molecule has 108 valence electrons. The maximum atomic E-state index is 12.1. The lowest BCUT2D eigenvalue weighted by atomic mass is 10.3. The molecule has 1 N–H and O–H groups in total. The monoisotopic (exact) mass is 312 g/mol. The van der Waals surface area contributed by atoms with Crippen molar-refractivity contribution in [3.8, 4) is 0 Å². The van der Waals surface area contributed by atoms with Gasteiger partial charge >= 0.3 is 6.03 Å². The average molecular weight is 313 g/mol. The Kier molecular flexibility index (Phi) is 5.23. The van der Waals surface area contributed by atoms with Gasteiger partial charge in [-0.25, -0.2) is 4.79 Å². The highest BCUT2D eigenvalue weighted by molar-refractivity contribution is 7.23. The van der Waals surface area contributed by atoms with Gasteiger partial charge in [0.25, 0.3) is 0 Å². The van der Waals surface area contributed by atoms with Crippen LogP contribution in [0.25, 0.3) is 10.1 Å². The molecule has 2 rings (SSSR count). The molecule has 0 saturated carbocycles. The van der Waals surface area contributed by atoms with E-state index in [1.807, 2.05) is 24.3 Å². The first-order chi connectivity index (χ1) is 9.63. The molecule has 20 heavy (non-hydrogen) atoms. The summed E-state index contributed by atoms with van der Waals surface area (Å²) in [4.78, 5) is 13.7. The summed E-state index contributed by atoms with van der Waals surface area (Å²) < 4.78 is 6.04. The van der Waals surface area contributed by atoms with Crippen LogP contribution in [0.4, 0.5) is 9.80 Å². The standard InChI is InChI=1S/C14H17ClN2O2S/c1-17(8-5-9-19-2)14(18)16-13-12(15)10-6-3-4-7-11(10)20-13/h3-4,6-7H,5,8-9H2,1-2H3,(H,16,18). The van der Waals surface area contributed by atoms with Crippen molar-refractivity contribution >= 4 is 44.1 Å². The fraction of sp³-hybridized carbons (Fsp3) is 0.357. The maximum absolute atomic E-state index is 12.1. The Morgan fingerprint density at radius 1 is 1.45 bits per heavy atom. The van der Waals surface area contributed by atoms with Crippen molar-refractivity contribution in [2.45, 2.75) is 6.42 Å². The van der Waals surface area contributed by atoms with Gasteiger partial charge in [-0.3, -0.25) is 5.32 Å². The SMILES string of the molecule is COCCCN(C)C(=O)Nc1sc2ccccc2c1Cl. The number of fused-ring (bicyclic) bond motifs is 1. The van der Waals surface area contributed by atoms with Crippen LogP contribution in [0.5, 0.6) is 0 Å². The van der Waals surface area contributed by atoms with E-state index < -0.39 is 0 Å². The van der Waals surface area contributed by atoms with E-state index in [1.54, 1.807) is 19.1 Å². The summed E-state index contributed by atoms with van der Waals surface area (Å²) in [7, 11) is 3.41. The second kappa shape index (κ2) is 6.92. The molecule has 6 heteroatoms. The van der Waals surface area contributed by atoms with Crippen molar-refractivity contribution in [2.24, 2.45) is 0 Å². The molecule has 0 atom stereocenters. The second-order valence-corrected chi connectivity index (χ2v) is 5.87. The van der Waals surface area contributed by atoms with E-state index in [0.29, 0.717) is 23.2 Å². The third-order valence-corrected chi connectivity index (χ3v) is 4.53. The van der Waals surface area contributed by atoms with Crippen molar-refractivity contribution in [3.05, 3.63) is 29.3 Å². The first-order valence-corrected chi connectivity index (χ1v) is 7.51.